The Morgan fingerprint density at radius 3 is 2.90 bits per heavy atom. The molecular formula is C19H17Cl2N5O4S. The van der Waals surface area contributed by atoms with Gasteiger partial charge in [-0.15, -0.1) is 11.3 Å². The fourth-order valence-electron chi connectivity index (χ4n) is 3.25. The molecule has 3 heterocycles. The number of nitro groups is 1. The Bertz CT molecular complexity index is 1110. The van der Waals surface area contributed by atoms with Crippen molar-refractivity contribution in [3.8, 4) is 11.3 Å². The molecule has 0 spiro atoms. The number of rotatable bonds is 7. The van der Waals surface area contributed by atoms with E-state index in [1.807, 2.05) is 5.38 Å². The van der Waals surface area contributed by atoms with Crippen LogP contribution >= 0.6 is 34.5 Å². The summed E-state index contributed by atoms with van der Waals surface area (Å²) < 4.78 is 6.94. The van der Waals surface area contributed by atoms with Crippen molar-refractivity contribution in [3.63, 3.8) is 0 Å². The first-order valence-electron chi connectivity index (χ1n) is 9.41. The largest absolute Gasteiger partial charge is 0.389 e. The quantitative estimate of drug-likeness (QED) is 0.365. The Balaban J connectivity index is 1.59. The number of anilines is 1. The average molecular weight is 482 g/mol. The standard InChI is InChI=1S/C19H17Cl2N5O4S/c20-12-3-4-14(15(21)8-12)16-11-31-19(22-16)25(9-13-2-1-7-30-13)18(27)10-24-6-5-17(23-24)26(28)29/h3-6,8,11,13H,1-2,7,9-10H2. The third kappa shape index (κ3) is 5.04. The molecule has 9 nitrogen and oxygen atoms in total. The lowest BCUT2D eigenvalue weighted by Crippen LogP contribution is -2.39. The maximum atomic E-state index is 13.1. The molecule has 1 unspecified atom stereocenters. The molecule has 1 aromatic carbocycles. The summed E-state index contributed by atoms with van der Waals surface area (Å²) in [6, 6.07) is 6.39. The van der Waals surface area contributed by atoms with Gasteiger partial charge in [-0.3, -0.25) is 9.69 Å². The second-order valence-corrected chi connectivity index (χ2v) is 8.59. The monoisotopic (exact) mass is 481 g/mol. The maximum absolute atomic E-state index is 13.1. The fourth-order valence-corrected chi connectivity index (χ4v) is 4.60. The maximum Gasteiger partial charge on any atom is 0.389 e. The molecular weight excluding hydrogens is 465 g/mol. The van der Waals surface area contributed by atoms with Crippen LogP contribution in [-0.4, -0.2) is 44.9 Å². The lowest BCUT2D eigenvalue weighted by atomic mass is 10.2. The van der Waals surface area contributed by atoms with Crippen LogP contribution in [0.3, 0.4) is 0 Å². The lowest BCUT2D eigenvalue weighted by molar-refractivity contribution is -0.389. The number of ether oxygens (including phenoxy) is 1. The van der Waals surface area contributed by atoms with Gasteiger partial charge in [0.2, 0.25) is 0 Å². The fraction of sp³-hybridized carbons (Fsp3) is 0.316. The van der Waals surface area contributed by atoms with Crippen molar-refractivity contribution in [1.29, 1.82) is 0 Å². The number of hydrogen-bond donors (Lipinski definition) is 0. The van der Waals surface area contributed by atoms with Gasteiger partial charge in [-0.05, 0) is 36.0 Å². The summed E-state index contributed by atoms with van der Waals surface area (Å²) in [4.78, 5) is 29.5. The van der Waals surface area contributed by atoms with Crippen molar-refractivity contribution < 1.29 is 14.5 Å². The highest BCUT2D eigenvalue weighted by Gasteiger charge is 2.27. The summed E-state index contributed by atoms with van der Waals surface area (Å²) in [6.07, 6.45) is 3.09. The van der Waals surface area contributed by atoms with E-state index in [1.165, 1.54) is 28.3 Å². The van der Waals surface area contributed by atoms with Gasteiger partial charge >= 0.3 is 5.82 Å². The molecule has 1 amide bonds. The van der Waals surface area contributed by atoms with Crippen LogP contribution in [0, 0.1) is 10.1 Å². The summed E-state index contributed by atoms with van der Waals surface area (Å²) in [5.41, 5.74) is 1.34. The number of halogens is 2. The van der Waals surface area contributed by atoms with Crippen LogP contribution in [0.2, 0.25) is 10.0 Å². The first kappa shape index (κ1) is 21.7. The highest BCUT2D eigenvalue weighted by molar-refractivity contribution is 7.14. The van der Waals surface area contributed by atoms with Gasteiger partial charge in [0.15, 0.2) is 5.13 Å². The van der Waals surface area contributed by atoms with Crippen LogP contribution in [0.4, 0.5) is 10.9 Å². The van der Waals surface area contributed by atoms with E-state index in [2.05, 4.69) is 10.1 Å². The molecule has 12 heteroatoms. The van der Waals surface area contributed by atoms with Gasteiger partial charge < -0.3 is 14.9 Å². The molecule has 31 heavy (non-hydrogen) atoms. The number of carbonyl (C=O) groups excluding carboxylic acids is 1. The summed E-state index contributed by atoms with van der Waals surface area (Å²) in [6.45, 7) is 0.836. The second-order valence-electron chi connectivity index (χ2n) is 6.91. The zero-order valence-corrected chi connectivity index (χ0v) is 18.4. The predicted octanol–water partition coefficient (Wildman–Crippen LogP) is 4.43. The Morgan fingerprint density at radius 1 is 1.39 bits per heavy atom. The Kier molecular flexibility index (Phi) is 6.51. The molecule has 1 fully saturated rings. The smallest absolute Gasteiger partial charge is 0.376 e. The van der Waals surface area contributed by atoms with Gasteiger partial charge in [0, 0.05) is 22.6 Å². The summed E-state index contributed by atoms with van der Waals surface area (Å²) in [7, 11) is 0. The van der Waals surface area contributed by atoms with E-state index in [4.69, 9.17) is 27.9 Å². The zero-order valence-electron chi connectivity index (χ0n) is 16.1. The van der Waals surface area contributed by atoms with Gasteiger partial charge in [-0.25, -0.2) is 4.98 Å². The number of amides is 1. The minimum Gasteiger partial charge on any atom is -0.376 e. The van der Waals surface area contributed by atoms with Crippen LogP contribution in [0.25, 0.3) is 11.3 Å². The molecule has 0 aliphatic carbocycles. The number of benzene rings is 1. The van der Waals surface area contributed by atoms with Crippen LogP contribution in [-0.2, 0) is 16.1 Å². The molecule has 4 rings (SSSR count). The second kappa shape index (κ2) is 9.31. The Morgan fingerprint density at radius 2 is 2.23 bits per heavy atom. The first-order chi connectivity index (χ1) is 14.9. The van der Waals surface area contributed by atoms with Crippen LogP contribution in [0.1, 0.15) is 12.8 Å². The number of carbonyl (C=O) groups is 1. The summed E-state index contributed by atoms with van der Waals surface area (Å²) in [5.74, 6) is -0.607. The summed E-state index contributed by atoms with van der Waals surface area (Å²) >= 11 is 13.6. The molecule has 162 valence electrons. The molecule has 2 aromatic heterocycles. The Labute approximate surface area is 191 Å². The number of nitrogens with zero attached hydrogens (tertiary/aromatic N) is 5. The third-order valence-electron chi connectivity index (χ3n) is 4.75. The van der Waals surface area contributed by atoms with Gasteiger partial charge in [-0.1, -0.05) is 23.2 Å². The molecule has 1 aliphatic rings. The van der Waals surface area contributed by atoms with E-state index >= 15 is 0 Å². The predicted molar refractivity (Wildman–Crippen MR) is 118 cm³/mol. The van der Waals surface area contributed by atoms with Crippen molar-refractivity contribution in [1.82, 2.24) is 14.8 Å². The van der Waals surface area contributed by atoms with Crippen LogP contribution in [0.5, 0.6) is 0 Å². The van der Waals surface area contributed by atoms with Crippen molar-refractivity contribution in [2.45, 2.75) is 25.5 Å². The molecule has 1 atom stereocenters. The molecule has 0 radical (unpaired) electrons. The van der Waals surface area contributed by atoms with E-state index in [-0.39, 0.29) is 24.4 Å². The molecule has 0 bridgehead atoms. The minimum absolute atomic E-state index is 0.0950. The SMILES string of the molecule is O=C(Cn1ccc([N+](=O)[O-])n1)N(CC1CCCO1)c1nc(-c2ccc(Cl)cc2Cl)cs1. The number of thiazole rings is 1. The van der Waals surface area contributed by atoms with Crippen molar-refractivity contribution in [2.75, 3.05) is 18.1 Å². The van der Waals surface area contributed by atoms with Gasteiger partial charge in [0.05, 0.1) is 40.7 Å². The molecule has 1 saturated heterocycles. The third-order valence-corrected chi connectivity index (χ3v) is 6.16. The van der Waals surface area contributed by atoms with Crippen LogP contribution < -0.4 is 4.90 Å². The highest BCUT2D eigenvalue weighted by atomic mass is 35.5. The Hall–Kier alpha value is -2.53. The molecule has 0 saturated carbocycles. The minimum atomic E-state index is -0.603. The van der Waals surface area contributed by atoms with E-state index in [0.717, 1.165) is 12.8 Å². The first-order valence-corrected chi connectivity index (χ1v) is 11.0. The molecule has 1 aliphatic heterocycles. The van der Waals surface area contributed by atoms with Crippen molar-refractivity contribution >= 4 is 51.4 Å². The lowest BCUT2D eigenvalue weighted by Gasteiger charge is -2.22. The molecule has 3 aromatic rings. The summed E-state index contributed by atoms with van der Waals surface area (Å²) in [5, 5.41) is 18.0. The van der Waals surface area contributed by atoms with Gasteiger partial charge in [0.1, 0.15) is 6.54 Å². The van der Waals surface area contributed by atoms with E-state index in [0.29, 0.717) is 39.6 Å². The van der Waals surface area contributed by atoms with Crippen molar-refractivity contribution in [2.24, 2.45) is 0 Å². The van der Waals surface area contributed by atoms with Crippen molar-refractivity contribution in [3.05, 3.63) is 56.0 Å². The highest BCUT2D eigenvalue weighted by Crippen LogP contribution is 2.34. The average Bonchev–Trinajstić information content (AvgIpc) is 3.48. The normalized spacial score (nSPS) is 15.9. The zero-order chi connectivity index (χ0) is 22.0. The van der Waals surface area contributed by atoms with E-state index in [9.17, 15) is 14.9 Å². The van der Waals surface area contributed by atoms with Crippen LogP contribution in [0.15, 0.2) is 35.8 Å². The van der Waals surface area contributed by atoms with E-state index in [1.54, 1.807) is 23.1 Å². The van der Waals surface area contributed by atoms with Gasteiger partial charge in [0.25, 0.3) is 5.91 Å². The number of aromatic nitrogens is 3. The topological polar surface area (TPSA) is 103 Å². The van der Waals surface area contributed by atoms with Gasteiger partial charge in [-0.2, -0.15) is 4.68 Å². The number of hydrogen-bond acceptors (Lipinski definition) is 7. The van der Waals surface area contributed by atoms with E-state index < -0.39 is 4.92 Å². The molecule has 0 N–H and O–H groups in total.